The highest BCUT2D eigenvalue weighted by Gasteiger charge is 2.04. The standard InChI is InChI=1S/C10H13ClN2O/c1-2-10(14)13-9-4-3-8(11)5-7(9)6-12/h3-5H,2,6,12H2,1H3,(H,13,14). The zero-order valence-electron chi connectivity index (χ0n) is 8.01. The van der Waals surface area contributed by atoms with Gasteiger partial charge in [0.05, 0.1) is 0 Å². The maximum Gasteiger partial charge on any atom is 0.224 e. The van der Waals surface area contributed by atoms with E-state index in [1.807, 2.05) is 0 Å². The highest BCUT2D eigenvalue weighted by molar-refractivity contribution is 6.30. The molecule has 0 spiro atoms. The summed E-state index contributed by atoms with van der Waals surface area (Å²) < 4.78 is 0. The quantitative estimate of drug-likeness (QED) is 0.807. The van der Waals surface area contributed by atoms with Crippen LogP contribution in [0.5, 0.6) is 0 Å². The molecule has 1 amide bonds. The molecule has 3 nitrogen and oxygen atoms in total. The van der Waals surface area contributed by atoms with Crippen molar-refractivity contribution < 1.29 is 4.79 Å². The van der Waals surface area contributed by atoms with Crippen LogP contribution in [0.4, 0.5) is 5.69 Å². The number of hydrogen-bond acceptors (Lipinski definition) is 2. The van der Waals surface area contributed by atoms with Gasteiger partial charge >= 0.3 is 0 Å². The molecule has 0 heterocycles. The minimum Gasteiger partial charge on any atom is -0.326 e. The van der Waals surface area contributed by atoms with Crippen molar-refractivity contribution >= 4 is 23.2 Å². The minimum absolute atomic E-state index is 0.0259. The summed E-state index contributed by atoms with van der Waals surface area (Å²) in [5.74, 6) is -0.0259. The number of anilines is 1. The Balaban J connectivity index is 2.90. The molecule has 3 N–H and O–H groups in total. The Morgan fingerprint density at radius 2 is 2.29 bits per heavy atom. The van der Waals surface area contributed by atoms with E-state index in [0.717, 1.165) is 11.3 Å². The molecule has 4 heteroatoms. The van der Waals surface area contributed by atoms with Gasteiger partial charge in [0.2, 0.25) is 5.91 Å². The number of carbonyl (C=O) groups excluding carboxylic acids is 1. The zero-order chi connectivity index (χ0) is 10.6. The van der Waals surface area contributed by atoms with Gasteiger partial charge in [-0.25, -0.2) is 0 Å². The van der Waals surface area contributed by atoms with E-state index in [2.05, 4.69) is 5.32 Å². The zero-order valence-corrected chi connectivity index (χ0v) is 8.77. The van der Waals surface area contributed by atoms with Crippen LogP contribution in [0.1, 0.15) is 18.9 Å². The molecule has 0 bridgehead atoms. The predicted molar refractivity (Wildman–Crippen MR) is 58.3 cm³/mol. The van der Waals surface area contributed by atoms with E-state index >= 15 is 0 Å². The van der Waals surface area contributed by atoms with Gasteiger partial charge in [0.25, 0.3) is 0 Å². The van der Waals surface area contributed by atoms with Gasteiger partial charge < -0.3 is 11.1 Å². The molecule has 0 unspecified atom stereocenters. The average Bonchev–Trinajstić information content (AvgIpc) is 2.20. The van der Waals surface area contributed by atoms with Crippen molar-refractivity contribution in [2.45, 2.75) is 19.9 Å². The smallest absolute Gasteiger partial charge is 0.224 e. The van der Waals surface area contributed by atoms with E-state index in [1.165, 1.54) is 0 Å². The highest BCUT2D eigenvalue weighted by atomic mass is 35.5. The average molecular weight is 213 g/mol. The lowest BCUT2D eigenvalue weighted by Crippen LogP contribution is -2.12. The third-order valence-electron chi connectivity index (χ3n) is 1.88. The molecule has 1 aromatic rings. The number of hydrogen-bond donors (Lipinski definition) is 2. The summed E-state index contributed by atoms with van der Waals surface area (Å²) >= 11 is 5.80. The maximum atomic E-state index is 11.1. The molecule has 0 aliphatic carbocycles. The molecule has 0 saturated carbocycles. The number of rotatable bonds is 3. The van der Waals surface area contributed by atoms with E-state index in [1.54, 1.807) is 25.1 Å². The van der Waals surface area contributed by atoms with E-state index in [-0.39, 0.29) is 5.91 Å². The van der Waals surface area contributed by atoms with Crippen LogP contribution in [0.2, 0.25) is 5.02 Å². The van der Waals surface area contributed by atoms with Crippen molar-refractivity contribution in [3.05, 3.63) is 28.8 Å². The molecule has 1 rings (SSSR count). The predicted octanol–water partition coefficient (Wildman–Crippen LogP) is 2.15. The molecular formula is C10H13ClN2O. The number of nitrogens with two attached hydrogens (primary N) is 1. The Bertz CT molecular complexity index is 339. The fourth-order valence-electron chi connectivity index (χ4n) is 1.09. The van der Waals surface area contributed by atoms with E-state index in [4.69, 9.17) is 17.3 Å². The first-order valence-electron chi connectivity index (χ1n) is 4.45. The Labute approximate surface area is 88.2 Å². The fourth-order valence-corrected chi connectivity index (χ4v) is 1.29. The molecule has 0 aliphatic rings. The first-order chi connectivity index (χ1) is 6.67. The molecule has 0 aliphatic heterocycles. The number of nitrogens with one attached hydrogen (secondary N) is 1. The summed E-state index contributed by atoms with van der Waals surface area (Å²) in [6.45, 7) is 2.16. The minimum atomic E-state index is -0.0259. The van der Waals surface area contributed by atoms with Crippen molar-refractivity contribution in [2.24, 2.45) is 5.73 Å². The number of carbonyl (C=O) groups is 1. The molecule has 0 fully saturated rings. The molecule has 0 aromatic heterocycles. The summed E-state index contributed by atoms with van der Waals surface area (Å²) in [5.41, 5.74) is 7.11. The Hall–Kier alpha value is -1.06. The van der Waals surface area contributed by atoms with Crippen molar-refractivity contribution in [3.8, 4) is 0 Å². The van der Waals surface area contributed by atoms with Crippen molar-refractivity contribution in [3.63, 3.8) is 0 Å². The topological polar surface area (TPSA) is 55.1 Å². The van der Waals surface area contributed by atoms with Crippen LogP contribution < -0.4 is 11.1 Å². The molecule has 0 radical (unpaired) electrons. The number of amides is 1. The van der Waals surface area contributed by atoms with Crippen LogP contribution in [-0.2, 0) is 11.3 Å². The summed E-state index contributed by atoms with van der Waals surface area (Å²) in [4.78, 5) is 11.1. The Kier molecular flexibility index (Phi) is 3.92. The summed E-state index contributed by atoms with van der Waals surface area (Å²) in [7, 11) is 0. The van der Waals surface area contributed by atoms with E-state index in [9.17, 15) is 4.79 Å². The van der Waals surface area contributed by atoms with E-state index in [0.29, 0.717) is 18.0 Å². The van der Waals surface area contributed by atoms with Gasteiger partial charge in [-0.1, -0.05) is 18.5 Å². The summed E-state index contributed by atoms with van der Waals surface area (Å²) in [6.07, 6.45) is 0.451. The van der Waals surface area contributed by atoms with Gasteiger partial charge in [-0.3, -0.25) is 4.79 Å². The van der Waals surface area contributed by atoms with Crippen LogP contribution in [0.15, 0.2) is 18.2 Å². The molecular weight excluding hydrogens is 200 g/mol. The fraction of sp³-hybridized carbons (Fsp3) is 0.300. The first kappa shape index (κ1) is 11.0. The first-order valence-corrected chi connectivity index (χ1v) is 4.83. The van der Waals surface area contributed by atoms with Crippen LogP contribution in [0.3, 0.4) is 0 Å². The van der Waals surface area contributed by atoms with Crippen molar-refractivity contribution in [2.75, 3.05) is 5.32 Å². The van der Waals surface area contributed by atoms with Crippen LogP contribution >= 0.6 is 11.6 Å². The molecule has 1 aromatic carbocycles. The normalized spacial score (nSPS) is 9.93. The van der Waals surface area contributed by atoms with Crippen molar-refractivity contribution in [1.82, 2.24) is 0 Å². The highest BCUT2D eigenvalue weighted by Crippen LogP contribution is 2.20. The third-order valence-corrected chi connectivity index (χ3v) is 2.12. The lowest BCUT2D eigenvalue weighted by Gasteiger charge is -2.09. The molecule has 0 saturated heterocycles. The van der Waals surface area contributed by atoms with Crippen LogP contribution in [0.25, 0.3) is 0 Å². The van der Waals surface area contributed by atoms with Gasteiger partial charge in [0.1, 0.15) is 0 Å². The maximum absolute atomic E-state index is 11.1. The summed E-state index contributed by atoms with van der Waals surface area (Å²) in [5, 5.41) is 3.39. The van der Waals surface area contributed by atoms with Crippen molar-refractivity contribution in [1.29, 1.82) is 0 Å². The number of benzene rings is 1. The van der Waals surface area contributed by atoms with Crippen LogP contribution in [0, 0.1) is 0 Å². The van der Waals surface area contributed by atoms with Gasteiger partial charge in [-0.15, -0.1) is 0 Å². The Morgan fingerprint density at radius 3 is 2.86 bits per heavy atom. The lowest BCUT2D eigenvalue weighted by molar-refractivity contribution is -0.115. The lowest BCUT2D eigenvalue weighted by atomic mass is 10.1. The van der Waals surface area contributed by atoms with E-state index < -0.39 is 0 Å². The summed E-state index contributed by atoms with van der Waals surface area (Å²) in [6, 6.07) is 5.25. The monoisotopic (exact) mass is 212 g/mol. The second-order valence-corrected chi connectivity index (χ2v) is 3.34. The number of halogens is 1. The van der Waals surface area contributed by atoms with Gasteiger partial charge in [0, 0.05) is 23.7 Å². The Morgan fingerprint density at radius 1 is 1.57 bits per heavy atom. The largest absolute Gasteiger partial charge is 0.326 e. The second-order valence-electron chi connectivity index (χ2n) is 2.91. The molecule has 0 atom stereocenters. The van der Waals surface area contributed by atoms with Gasteiger partial charge in [-0.05, 0) is 23.8 Å². The second kappa shape index (κ2) is 4.98. The van der Waals surface area contributed by atoms with Gasteiger partial charge in [-0.2, -0.15) is 0 Å². The third kappa shape index (κ3) is 2.72. The van der Waals surface area contributed by atoms with Crippen LogP contribution in [-0.4, -0.2) is 5.91 Å². The molecule has 76 valence electrons. The SMILES string of the molecule is CCC(=O)Nc1ccc(Cl)cc1CN. The molecule has 14 heavy (non-hydrogen) atoms. The van der Waals surface area contributed by atoms with Gasteiger partial charge in [0.15, 0.2) is 0 Å².